The van der Waals surface area contributed by atoms with E-state index in [1.165, 1.54) is 11.3 Å². The smallest absolute Gasteiger partial charge is 0.224 e. The lowest BCUT2D eigenvalue weighted by Gasteiger charge is -2.07. The maximum atomic E-state index is 13.4. The molecule has 0 radical (unpaired) electrons. The Balaban J connectivity index is 2.25. The van der Waals surface area contributed by atoms with Gasteiger partial charge in [-0.2, -0.15) is 4.98 Å². The van der Waals surface area contributed by atoms with Crippen LogP contribution in [-0.4, -0.2) is 16.6 Å². The molecular formula is C10H9ClFN3OS. The van der Waals surface area contributed by atoms with Crippen LogP contribution in [0.2, 0.25) is 5.28 Å². The number of nitrogens with zero attached hydrogens (tertiary/aromatic N) is 2. The maximum Gasteiger partial charge on any atom is 0.224 e. The minimum absolute atomic E-state index is 0.0120. The molecule has 0 unspecified atom stereocenters. The number of hydrogen-bond acceptors (Lipinski definition) is 5. The summed E-state index contributed by atoms with van der Waals surface area (Å²) < 4.78 is 18.8. The molecule has 0 aliphatic carbocycles. The van der Waals surface area contributed by atoms with Crippen LogP contribution in [0, 0.1) is 5.82 Å². The molecule has 0 fully saturated rings. The second-order valence-corrected chi connectivity index (χ2v) is 4.12. The molecule has 0 spiro atoms. The molecule has 2 aromatic heterocycles. The van der Waals surface area contributed by atoms with E-state index in [1.54, 1.807) is 5.38 Å². The first-order valence-electron chi connectivity index (χ1n) is 4.84. The third-order valence-electron chi connectivity index (χ3n) is 1.89. The monoisotopic (exact) mass is 273 g/mol. The van der Waals surface area contributed by atoms with Crippen molar-refractivity contribution >= 4 is 34.4 Å². The summed E-state index contributed by atoms with van der Waals surface area (Å²) in [4.78, 5) is 7.30. The maximum absolute atomic E-state index is 13.4. The largest absolute Gasteiger partial charge is 0.491 e. The van der Waals surface area contributed by atoms with E-state index in [9.17, 15) is 4.39 Å². The van der Waals surface area contributed by atoms with Crippen molar-refractivity contribution in [3.63, 3.8) is 0 Å². The first-order valence-corrected chi connectivity index (χ1v) is 6.17. The third-order valence-corrected chi connectivity index (χ3v) is 2.80. The van der Waals surface area contributed by atoms with Crippen LogP contribution in [0.3, 0.4) is 0 Å². The van der Waals surface area contributed by atoms with E-state index in [0.29, 0.717) is 18.0 Å². The van der Waals surface area contributed by atoms with Gasteiger partial charge in [-0.3, -0.25) is 0 Å². The molecule has 0 bridgehead atoms. The Labute approximate surface area is 106 Å². The van der Waals surface area contributed by atoms with E-state index >= 15 is 0 Å². The van der Waals surface area contributed by atoms with Gasteiger partial charge in [-0.1, -0.05) is 0 Å². The molecule has 2 rings (SSSR count). The van der Waals surface area contributed by atoms with Crippen LogP contribution in [0.25, 0.3) is 0 Å². The van der Waals surface area contributed by atoms with Gasteiger partial charge in [-0.15, -0.1) is 11.3 Å². The highest BCUT2D eigenvalue weighted by molar-refractivity contribution is 7.08. The van der Waals surface area contributed by atoms with E-state index < -0.39 is 5.82 Å². The molecule has 2 aromatic rings. The van der Waals surface area contributed by atoms with Crippen molar-refractivity contribution in [1.82, 2.24) is 9.97 Å². The van der Waals surface area contributed by atoms with Crippen LogP contribution >= 0.6 is 22.9 Å². The number of halogens is 2. The molecule has 0 atom stereocenters. The molecule has 1 N–H and O–H groups in total. The lowest BCUT2D eigenvalue weighted by molar-refractivity contribution is 0.343. The molecule has 0 saturated carbocycles. The average molecular weight is 274 g/mol. The van der Waals surface area contributed by atoms with Gasteiger partial charge in [0, 0.05) is 10.8 Å². The average Bonchev–Trinajstić information content (AvgIpc) is 2.72. The lowest BCUT2D eigenvalue weighted by atomic mass is 10.4. The summed E-state index contributed by atoms with van der Waals surface area (Å²) in [6.07, 6.45) is 1.02. The number of thiophene rings is 1. The van der Waals surface area contributed by atoms with Crippen LogP contribution in [0.4, 0.5) is 15.9 Å². The molecular weight excluding hydrogens is 265 g/mol. The van der Waals surface area contributed by atoms with Gasteiger partial charge >= 0.3 is 0 Å². The standard InChI is InChI=1S/C10H9ClFN3OS/c1-2-16-8-5-17-4-7(8)14-9-6(12)3-13-10(11)15-9/h3-5H,2H2,1H3,(H,13,14,15). The van der Waals surface area contributed by atoms with Crippen molar-refractivity contribution in [2.24, 2.45) is 0 Å². The van der Waals surface area contributed by atoms with Crippen LogP contribution in [0.15, 0.2) is 17.0 Å². The zero-order valence-electron chi connectivity index (χ0n) is 8.91. The topological polar surface area (TPSA) is 47.0 Å². The Bertz CT molecular complexity index is 520. The van der Waals surface area contributed by atoms with Crippen molar-refractivity contribution in [2.45, 2.75) is 6.92 Å². The zero-order valence-corrected chi connectivity index (χ0v) is 10.5. The number of aromatic nitrogens is 2. The SMILES string of the molecule is CCOc1cscc1Nc1nc(Cl)ncc1F. The highest BCUT2D eigenvalue weighted by Crippen LogP contribution is 2.31. The molecule has 0 aliphatic rings. The minimum atomic E-state index is -0.567. The summed E-state index contributed by atoms with van der Waals surface area (Å²) in [5.74, 6) is 0.124. The van der Waals surface area contributed by atoms with Crippen molar-refractivity contribution in [3.05, 3.63) is 28.1 Å². The Hall–Kier alpha value is -1.40. The van der Waals surface area contributed by atoms with E-state index in [2.05, 4.69) is 15.3 Å². The molecule has 90 valence electrons. The van der Waals surface area contributed by atoms with E-state index in [-0.39, 0.29) is 11.1 Å². The second-order valence-electron chi connectivity index (χ2n) is 3.04. The van der Waals surface area contributed by atoms with Crippen molar-refractivity contribution in [1.29, 1.82) is 0 Å². The predicted molar refractivity (Wildman–Crippen MR) is 65.8 cm³/mol. The Kier molecular flexibility index (Phi) is 3.75. The van der Waals surface area contributed by atoms with Crippen LogP contribution < -0.4 is 10.1 Å². The first-order chi connectivity index (χ1) is 8.20. The molecule has 0 amide bonds. The van der Waals surface area contributed by atoms with Crippen molar-refractivity contribution < 1.29 is 9.13 Å². The summed E-state index contributed by atoms with van der Waals surface area (Å²) >= 11 is 7.05. The number of hydrogen-bond donors (Lipinski definition) is 1. The molecule has 17 heavy (non-hydrogen) atoms. The van der Waals surface area contributed by atoms with Crippen molar-refractivity contribution in [3.8, 4) is 5.75 Å². The highest BCUT2D eigenvalue weighted by Gasteiger charge is 2.10. The van der Waals surface area contributed by atoms with Gasteiger partial charge in [-0.25, -0.2) is 9.37 Å². The Morgan fingerprint density at radius 1 is 1.53 bits per heavy atom. The Morgan fingerprint density at radius 2 is 2.35 bits per heavy atom. The number of anilines is 2. The summed E-state index contributed by atoms with van der Waals surface area (Å²) in [5.41, 5.74) is 0.658. The van der Waals surface area contributed by atoms with Gasteiger partial charge in [-0.05, 0) is 18.5 Å². The number of nitrogens with one attached hydrogen (secondary N) is 1. The fourth-order valence-electron chi connectivity index (χ4n) is 1.20. The molecule has 2 heterocycles. The summed E-state index contributed by atoms with van der Waals surface area (Å²) in [7, 11) is 0. The van der Waals surface area contributed by atoms with E-state index in [4.69, 9.17) is 16.3 Å². The zero-order chi connectivity index (χ0) is 12.3. The predicted octanol–water partition coefficient (Wildman–Crippen LogP) is 3.47. The normalized spacial score (nSPS) is 10.3. The van der Waals surface area contributed by atoms with Gasteiger partial charge in [0.15, 0.2) is 17.4 Å². The van der Waals surface area contributed by atoms with Gasteiger partial charge in [0.25, 0.3) is 0 Å². The van der Waals surface area contributed by atoms with Crippen molar-refractivity contribution in [2.75, 3.05) is 11.9 Å². The summed E-state index contributed by atoms with van der Waals surface area (Å²) in [5, 5.41) is 6.44. The molecule has 0 saturated heterocycles. The highest BCUT2D eigenvalue weighted by atomic mass is 35.5. The third kappa shape index (κ3) is 2.83. The van der Waals surface area contributed by atoms with Crippen LogP contribution in [0.1, 0.15) is 6.92 Å². The summed E-state index contributed by atoms with van der Waals surface area (Å²) in [6, 6.07) is 0. The molecule has 4 nitrogen and oxygen atoms in total. The van der Waals surface area contributed by atoms with E-state index in [0.717, 1.165) is 6.20 Å². The van der Waals surface area contributed by atoms with Gasteiger partial charge in [0.05, 0.1) is 18.5 Å². The number of rotatable bonds is 4. The first kappa shape index (κ1) is 12.1. The minimum Gasteiger partial charge on any atom is -0.491 e. The fourth-order valence-corrected chi connectivity index (χ4v) is 2.04. The molecule has 0 aliphatic heterocycles. The van der Waals surface area contributed by atoms with Gasteiger partial charge < -0.3 is 10.1 Å². The van der Waals surface area contributed by atoms with Crippen LogP contribution in [-0.2, 0) is 0 Å². The fraction of sp³-hybridized carbons (Fsp3) is 0.200. The second kappa shape index (κ2) is 5.29. The number of ether oxygens (including phenoxy) is 1. The quantitative estimate of drug-likeness (QED) is 0.867. The lowest BCUT2D eigenvalue weighted by Crippen LogP contribution is -2.00. The van der Waals surface area contributed by atoms with Crippen LogP contribution in [0.5, 0.6) is 5.75 Å². The van der Waals surface area contributed by atoms with Gasteiger partial charge in [0.1, 0.15) is 0 Å². The Morgan fingerprint density at radius 3 is 3.12 bits per heavy atom. The summed E-state index contributed by atoms with van der Waals surface area (Å²) in [6.45, 7) is 2.42. The molecule has 0 aromatic carbocycles. The van der Waals surface area contributed by atoms with Gasteiger partial charge in [0.2, 0.25) is 5.28 Å². The van der Waals surface area contributed by atoms with E-state index in [1.807, 2.05) is 12.3 Å². The molecule has 7 heteroatoms.